The SMILES string of the molecule is Clc1ncnc2c1CN(C1CC1)C2. The van der Waals surface area contributed by atoms with Crippen molar-refractivity contribution < 1.29 is 0 Å². The molecule has 1 saturated carbocycles. The van der Waals surface area contributed by atoms with Crippen molar-refractivity contribution in [2.24, 2.45) is 0 Å². The van der Waals surface area contributed by atoms with E-state index in [2.05, 4.69) is 14.9 Å². The maximum absolute atomic E-state index is 5.98. The summed E-state index contributed by atoms with van der Waals surface area (Å²) in [7, 11) is 0. The molecule has 0 aromatic carbocycles. The molecule has 0 amide bonds. The van der Waals surface area contributed by atoms with Crippen molar-refractivity contribution in [1.82, 2.24) is 14.9 Å². The van der Waals surface area contributed by atoms with Crippen LogP contribution < -0.4 is 0 Å². The van der Waals surface area contributed by atoms with E-state index in [-0.39, 0.29) is 0 Å². The van der Waals surface area contributed by atoms with Crippen LogP contribution in [0.2, 0.25) is 5.15 Å². The van der Waals surface area contributed by atoms with E-state index in [1.807, 2.05) is 0 Å². The number of rotatable bonds is 1. The van der Waals surface area contributed by atoms with E-state index in [0.717, 1.165) is 30.4 Å². The maximum Gasteiger partial charge on any atom is 0.137 e. The molecule has 4 heteroatoms. The normalized spacial score (nSPS) is 21.9. The van der Waals surface area contributed by atoms with Crippen molar-refractivity contribution >= 4 is 11.6 Å². The molecule has 1 aliphatic carbocycles. The fraction of sp³-hybridized carbons (Fsp3) is 0.556. The number of halogens is 1. The molecule has 2 aliphatic rings. The largest absolute Gasteiger partial charge is 0.290 e. The summed E-state index contributed by atoms with van der Waals surface area (Å²) in [4.78, 5) is 10.7. The van der Waals surface area contributed by atoms with Gasteiger partial charge in [0.2, 0.25) is 0 Å². The van der Waals surface area contributed by atoms with Gasteiger partial charge >= 0.3 is 0 Å². The highest BCUT2D eigenvalue weighted by atomic mass is 35.5. The van der Waals surface area contributed by atoms with Crippen molar-refractivity contribution in [2.45, 2.75) is 32.0 Å². The van der Waals surface area contributed by atoms with E-state index in [1.54, 1.807) is 6.33 Å². The summed E-state index contributed by atoms with van der Waals surface area (Å²) < 4.78 is 0. The summed E-state index contributed by atoms with van der Waals surface area (Å²) in [6.45, 7) is 1.90. The van der Waals surface area contributed by atoms with E-state index in [1.165, 1.54) is 12.8 Å². The number of fused-ring (bicyclic) bond motifs is 1. The Kier molecular flexibility index (Phi) is 1.58. The zero-order valence-electron chi connectivity index (χ0n) is 7.20. The van der Waals surface area contributed by atoms with Gasteiger partial charge in [0, 0.05) is 24.7 Å². The molecule has 0 spiro atoms. The van der Waals surface area contributed by atoms with E-state index >= 15 is 0 Å². The average molecular weight is 196 g/mol. The summed E-state index contributed by atoms with van der Waals surface area (Å²) in [5.41, 5.74) is 2.25. The molecule has 0 radical (unpaired) electrons. The van der Waals surface area contributed by atoms with Crippen LogP contribution >= 0.6 is 11.6 Å². The highest BCUT2D eigenvalue weighted by Crippen LogP contribution is 2.35. The fourth-order valence-electron chi connectivity index (χ4n) is 1.87. The smallest absolute Gasteiger partial charge is 0.137 e. The molecule has 1 aliphatic heterocycles. The third kappa shape index (κ3) is 1.23. The molecular formula is C9H10ClN3. The molecule has 2 heterocycles. The van der Waals surface area contributed by atoms with Crippen LogP contribution in [-0.4, -0.2) is 20.9 Å². The maximum atomic E-state index is 5.98. The van der Waals surface area contributed by atoms with Crippen molar-refractivity contribution in [1.29, 1.82) is 0 Å². The molecule has 0 saturated heterocycles. The van der Waals surface area contributed by atoms with Crippen LogP contribution in [0, 0.1) is 0 Å². The zero-order valence-corrected chi connectivity index (χ0v) is 7.96. The lowest BCUT2D eigenvalue weighted by Crippen LogP contribution is -2.18. The number of aromatic nitrogens is 2. The lowest BCUT2D eigenvalue weighted by molar-refractivity contribution is 0.272. The first-order valence-electron chi connectivity index (χ1n) is 4.57. The van der Waals surface area contributed by atoms with Crippen LogP contribution in [0.1, 0.15) is 24.1 Å². The number of hydrogen-bond acceptors (Lipinski definition) is 3. The highest BCUT2D eigenvalue weighted by molar-refractivity contribution is 6.30. The first kappa shape index (κ1) is 7.71. The van der Waals surface area contributed by atoms with Gasteiger partial charge in [-0.15, -0.1) is 0 Å². The molecular weight excluding hydrogens is 186 g/mol. The Labute approximate surface area is 81.7 Å². The van der Waals surface area contributed by atoms with Crippen molar-refractivity contribution in [2.75, 3.05) is 0 Å². The minimum absolute atomic E-state index is 0.633. The zero-order chi connectivity index (χ0) is 8.84. The van der Waals surface area contributed by atoms with Crippen LogP contribution in [0.25, 0.3) is 0 Å². The van der Waals surface area contributed by atoms with Gasteiger partial charge in [-0.25, -0.2) is 9.97 Å². The van der Waals surface area contributed by atoms with Gasteiger partial charge < -0.3 is 0 Å². The topological polar surface area (TPSA) is 29.0 Å². The van der Waals surface area contributed by atoms with Crippen LogP contribution in [0.4, 0.5) is 0 Å². The second-order valence-corrected chi connectivity index (χ2v) is 4.08. The lowest BCUT2D eigenvalue weighted by atomic mass is 10.3. The van der Waals surface area contributed by atoms with Gasteiger partial charge in [-0.1, -0.05) is 11.6 Å². The van der Waals surface area contributed by atoms with E-state index < -0.39 is 0 Å². The first-order valence-corrected chi connectivity index (χ1v) is 4.94. The fourth-order valence-corrected chi connectivity index (χ4v) is 2.08. The average Bonchev–Trinajstić information content (AvgIpc) is 2.87. The Morgan fingerprint density at radius 1 is 1.31 bits per heavy atom. The Hall–Kier alpha value is -0.670. The molecule has 0 unspecified atom stereocenters. The third-order valence-corrected chi connectivity index (χ3v) is 3.09. The quantitative estimate of drug-likeness (QED) is 0.638. The van der Waals surface area contributed by atoms with E-state index in [0.29, 0.717) is 5.15 Å². The molecule has 3 rings (SSSR count). The Morgan fingerprint density at radius 2 is 2.15 bits per heavy atom. The van der Waals surface area contributed by atoms with Gasteiger partial charge in [-0.3, -0.25) is 4.90 Å². The molecule has 0 atom stereocenters. The monoisotopic (exact) mass is 195 g/mol. The summed E-state index contributed by atoms with van der Waals surface area (Å²) in [5.74, 6) is 0. The molecule has 13 heavy (non-hydrogen) atoms. The Bertz CT molecular complexity index is 349. The molecule has 1 fully saturated rings. The summed E-state index contributed by atoms with van der Waals surface area (Å²) in [6.07, 6.45) is 4.22. The van der Waals surface area contributed by atoms with Gasteiger partial charge in [-0.2, -0.15) is 0 Å². The lowest BCUT2D eigenvalue weighted by Gasteiger charge is -2.11. The molecule has 0 N–H and O–H groups in total. The van der Waals surface area contributed by atoms with Crippen LogP contribution in [-0.2, 0) is 13.1 Å². The first-order chi connectivity index (χ1) is 6.34. The molecule has 3 nitrogen and oxygen atoms in total. The predicted molar refractivity (Wildman–Crippen MR) is 49.3 cm³/mol. The minimum Gasteiger partial charge on any atom is -0.290 e. The summed E-state index contributed by atoms with van der Waals surface area (Å²) in [6, 6.07) is 0.783. The highest BCUT2D eigenvalue weighted by Gasteiger charge is 2.34. The Morgan fingerprint density at radius 3 is 2.85 bits per heavy atom. The molecule has 1 aromatic heterocycles. The molecule has 68 valence electrons. The number of hydrogen-bond donors (Lipinski definition) is 0. The summed E-state index contributed by atoms with van der Waals surface area (Å²) in [5, 5.41) is 0.633. The minimum atomic E-state index is 0.633. The van der Waals surface area contributed by atoms with Gasteiger partial charge in [0.25, 0.3) is 0 Å². The van der Waals surface area contributed by atoms with Gasteiger partial charge in [0.15, 0.2) is 0 Å². The van der Waals surface area contributed by atoms with Crippen LogP contribution in [0.3, 0.4) is 0 Å². The third-order valence-electron chi connectivity index (χ3n) is 2.76. The van der Waals surface area contributed by atoms with Crippen molar-refractivity contribution in [3.63, 3.8) is 0 Å². The molecule has 1 aromatic rings. The second kappa shape index (κ2) is 2.66. The van der Waals surface area contributed by atoms with Gasteiger partial charge in [-0.05, 0) is 12.8 Å². The molecule has 0 bridgehead atoms. The Balaban J connectivity index is 1.94. The van der Waals surface area contributed by atoms with Gasteiger partial charge in [0.1, 0.15) is 11.5 Å². The van der Waals surface area contributed by atoms with Crippen molar-refractivity contribution in [3.8, 4) is 0 Å². The van der Waals surface area contributed by atoms with Crippen LogP contribution in [0.15, 0.2) is 6.33 Å². The predicted octanol–water partition coefficient (Wildman–Crippen LogP) is 1.61. The van der Waals surface area contributed by atoms with Crippen LogP contribution in [0.5, 0.6) is 0 Å². The van der Waals surface area contributed by atoms with E-state index in [9.17, 15) is 0 Å². The standard InChI is InChI=1S/C9H10ClN3/c10-9-7-3-13(6-1-2-6)4-8(7)11-5-12-9/h5-6H,1-4H2. The van der Waals surface area contributed by atoms with Gasteiger partial charge in [0.05, 0.1) is 5.69 Å². The van der Waals surface area contributed by atoms with E-state index in [4.69, 9.17) is 11.6 Å². The van der Waals surface area contributed by atoms with Crippen molar-refractivity contribution in [3.05, 3.63) is 22.7 Å². The second-order valence-electron chi connectivity index (χ2n) is 3.73. The number of nitrogens with zero attached hydrogens (tertiary/aromatic N) is 3. The summed E-state index contributed by atoms with van der Waals surface area (Å²) >= 11 is 5.98.